The standard InChI is InChI=1S/C9H12ClN3O/c1-6-11-8(10)3-9(12-6)13-4-7(5-13)14-2/h3,7H,4-5H2,1-2H3. The molecule has 1 aromatic heterocycles. The number of rotatable bonds is 2. The zero-order chi connectivity index (χ0) is 10.1. The van der Waals surface area contributed by atoms with Crippen molar-refractivity contribution in [1.29, 1.82) is 0 Å². The molecule has 0 atom stereocenters. The molecule has 0 radical (unpaired) electrons. The normalized spacial score (nSPS) is 16.9. The van der Waals surface area contributed by atoms with E-state index in [1.54, 1.807) is 13.2 Å². The molecule has 1 aromatic rings. The molecule has 1 aliphatic rings. The molecule has 14 heavy (non-hydrogen) atoms. The second kappa shape index (κ2) is 3.71. The number of hydrogen-bond donors (Lipinski definition) is 0. The SMILES string of the molecule is COC1CN(c2cc(Cl)nc(C)n2)C1. The van der Waals surface area contributed by atoms with Crippen molar-refractivity contribution in [1.82, 2.24) is 9.97 Å². The summed E-state index contributed by atoms with van der Waals surface area (Å²) in [5.41, 5.74) is 0. The number of methoxy groups -OCH3 is 1. The largest absolute Gasteiger partial charge is 0.378 e. The first-order chi connectivity index (χ1) is 6.69. The van der Waals surface area contributed by atoms with Crippen molar-refractivity contribution >= 4 is 17.4 Å². The van der Waals surface area contributed by atoms with Gasteiger partial charge in [0.1, 0.15) is 16.8 Å². The fraction of sp³-hybridized carbons (Fsp3) is 0.556. The van der Waals surface area contributed by atoms with Gasteiger partial charge in [-0.15, -0.1) is 0 Å². The smallest absolute Gasteiger partial charge is 0.134 e. The lowest BCUT2D eigenvalue weighted by atomic mass is 10.2. The number of halogens is 1. The molecular formula is C9H12ClN3O. The monoisotopic (exact) mass is 213 g/mol. The summed E-state index contributed by atoms with van der Waals surface area (Å²) in [6, 6.07) is 1.78. The third-order valence-electron chi connectivity index (χ3n) is 2.30. The number of hydrogen-bond acceptors (Lipinski definition) is 4. The average molecular weight is 214 g/mol. The molecule has 76 valence electrons. The van der Waals surface area contributed by atoms with Crippen molar-refractivity contribution in [3.63, 3.8) is 0 Å². The van der Waals surface area contributed by atoms with E-state index >= 15 is 0 Å². The highest BCUT2D eigenvalue weighted by atomic mass is 35.5. The molecule has 0 saturated carbocycles. The zero-order valence-electron chi connectivity index (χ0n) is 8.20. The van der Waals surface area contributed by atoms with Gasteiger partial charge in [0, 0.05) is 26.3 Å². The van der Waals surface area contributed by atoms with Crippen molar-refractivity contribution in [2.45, 2.75) is 13.0 Å². The summed E-state index contributed by atoms with van der Waals surface area (Å²) in [5, 5.41) is 0.494. The highest BCUT2D eigenvalue weighted by Crippen LogP contribution is 2.22. The van der Waals surface area contributed by atoms with Gasteiger partial charge in [-0.05, 0) is 6.92 Å². The highest BCUT2D eigenvalue weighted by Gasteiger charge is 2.27. The Hall–Kier alpha value is -0.870. The Labute approximate surface area is 87.9 Å². The number of nitrogens with zero attached hydrogens (tertiary/aromatic N) is 3. The molecule has 1 aliphatic heterocycles. The topological polar surface area (TPSA) is 38.2 Å². The molecule has 0 aromatic carbocycles. The van der Waals surface area contributed by atoms with Crippen LogP contribution >= 0.6 is 11.6 Å². The minimum absolute atomic E-state index is 0.323. The van der Waals surface area contributed by atoms with E-state index in [1.807, 2.05) is 6.92 Å². The van der Waals surface area contributed by atoms with E-state index < -0.39 is 0 Å². The summed E-state index contributed by atoms with van der Waals surface area (Å²) in [7, 11) is 1.72. The lowest BCUT2D eigenvalue weighted by Gasteiger charge is -2.39. The molecule has 0 N–H and O–H groups in total. The van der Waals surface area contributed by atoms with Crippen molar-refractivity contribution in [3.05, 3.63) is 17.0 Å². The van der Waals surface area contributed by atoms with E-state index in [1.165, 1.54) is 0 Å². The van der Waals surface area contributed by atoms with E-state index in [-0.39, 0.29) is 0 Å². The van der Waals surface area contributed by atoms with Crippen LogP contribution in [-0.2, 0) is 4.74 Å². The molecule has 1 fully saturated rings. The fourth-order valence-corrected chi connectivity index (χ4v) is 1.67. The van der Waals surface area contributed by atoms with Gasteiger partial charge in [0.2, 0.25) is 0 Å². The van der Waals surface area contributed by atoms with Crippen molar-refractivity contribution in [2.24, 2.45) is 0 Å². The lowest BCUT2D eigenvalue weighted by molar-refractivity contribution is 0.0783. The van der Waals surface area contributed by atoms with Crippen LogP contribution < -0.4 is 4.90 Å². The predicted molar refractivity (Wildman–Crippen MR) is 54.8 cm³/mol. The maximum atomic E-state index is 5.84. The maximum absolute atomic E-state index is 5.84. The van der Waals surface area contributed by atoms with Crippen LogP contribution in [0.1, 0.15) is 5.82 Å². The summed E-state index contributed by atoms with van der Waals surface area (Å²) in [6.45, 7) is 3.59. The van der Waals surface area contributed by atoms with E-state index in [4.69, 9.17) is 16.3 Å². The fourth-order valence-electron chi connectivity index (χ4n) is 1.45. The zero-order valence-corrected chi connectivity index (χ0v) is 8.95. The first-order valence-electron chi connectivity index (χ1n) is 4.48. The van der Waals surface area contributed by atoms with Gasteiger partial charge in [-0.25, -0.2) is 9.97 Å². The van der Waals surface area contributed by atoms with E-state index in [0.717, 1.165) is 18.9 Å². The summed E-state index contributed by atoms with van der Waals surface area (Å²) in [5.74, 6) is 1.59. The minimum Gasteiger partial charge on any atom is -0.378 e. The Morgan fingerprint density at radius 2 is 2.21 bits per heavy atom. The van der Waals surface area contributed by atoms with Crippen molar-refractivity contribution < 1.29 is 4.74 Å². The van der Waals surface area contributed by atoms with Gasteiger partial charge >= 0.3 is 0 Å². The maximum Gasteiger partial charge on any atom is 0.134 e. The van der Waals surface area contributed by atoms with Gasteiger partial charge in [0.15, 0.2) is 0 Å². The Morgan fingerprint density at radius 1 is 1.50 bits per heavy atom. The molecular weight excluding hydrogens is 202 g/mol. The van der Waals surface area contributed by atoms with Crippen LogP contribution in [0.25, 0.3) is 0 Å². The van der Waals surface area contributed by atoms with E-state index in [2.05, 4.69) is 14.9 Å². The third kappa shape index (κ3) is 1.81. The number of ether oxygens (including phenoxy) is 1. The summed E-state index contributed by atoms with van der Waals surface area (Å²) in [4.78, 5) is 10.4. The van der Waals surface area contributed by atoms with Gasteiger partial charge in [-0.1, -0.05) is 11.6 Å². The Kier molecular flexibility index (Phi) is 2.56. The molecule has 0 bridgehead atoms. The summed E-state index contributed by atoms with van der Waals surface area (Å²) >= 11 is 5.84. The van der Waals surface area contributed by atoms with Crippen LogP contribution in [0.4, 0.5) is 5.82 Å². The second-order valence-corrected chi connectivity index (χ2v) is 3.75. The minimum atomic E-state index is 0.323. The van der Waals surface area contributed by atoms with Crippen molar-refractivity contribution in [2.75, 3.05) is 25.1 Å². The van der Waals surface area contributed by atoms with Crippen LogP contribution in [0, 0.1) is 6.92 Å². The van der Waals surface area contributed by atoms with Crippen LogP contribution in [-0.4, -0.2) is 36.3 Å². The van der Waals surface area contributed by atoms with Gasteiger partial charge in [0.05, 0.1) is 6.10 Å². The first kappa shape index (κ1) is 9.68. The van der Waals surface area contributed by atoms with Gasteiger partial charge in [0.25, 0.3) is 0 Å². The Morgan fingerprint density at radius 3 is 2.79 bits per heavy atom. The predicted octanol–water partition coefficient (Wildman–Crippen LogP) is 1.27. The Bertz CT molecular complexity index is 319. The molecule has 0 spiro atoms. The van der Waals surface area contributed by atoms with Crippen LogP contribution in [0.5, 0.6) is 0 Å². The summed E-state index contributed by atoms with van der Waals surface area (Å²) in [6.07, 6.45) is 0.323. The van der Waals surface area contributed by atoms with Gasteiger partial charge < -0.3 is 9.64 Å². The molecule has 4 nitrogen and oxygen atoms in total. The van der Waals surface area contributed by atoms with Crippen LogP contribution in [0.15, 0.2) is 6.07 Å². The summed E-state index contributed by atoms with van der Waals surface area (Å²) < 4.78 is 5.18. The van der Waals surface area contributed by atoms with Crippen LogP contribution in [0.3, 0.4) is 0 Å². The Balaban J connectivity index is 2.10. The quantitative estimate of drug-likeness (QED) is 0.694. The molecule has 2 rings (SSSR count). The lowest BCUT2D eigenvalue weighted by Crippen LogP contribution is -2.52. The van der Waals surface area contributed by atoms with Crippen LogP contribution in [0.2, 0.25) is 5.15 Å². The van der Waals surface area contributed by atoms with Gasteiger partial charge in [-0.2, -0.15) is 0 Å². The molecule has 2 heterocycles. The molecule has 0 unspecified atom stereocenters. The highest BCUT2D eigenvalue weighted by molar-refractivity contribution is 6.29. The first-order valence-corrected chi connectivity index (χ1v) is 4.86. The molecule has 1 saturated heterocycles. The number of aromatic nitrogens is 2. The van der Waals surface area contributed by atoms with E-state index in [0.29, 0.717) is 17.1 Å². The second-order valence-electron chi connectivity index (χ2n) is 3.36. The van der Waals surface area contributed by atoms with E-state index in [9.17, 15) is 0 Å². The molecule has 0 amide bonds. The molecule has 0 aliphatic carbocycles. The molecule has 5 heteroatoms. The number of anilines is 1. The third-order valence-corrected chi connectivity index (χ3v) is 2.49. The van der Waals surface area contributed by atoms with Gasteiger partial charge in [-0.3, -0.25) is 0 Å². The average Bonchev–Trinajstić information content (AvgIpc) is 2.00. The van der Waals surface area contributed by atoms with Crippen molar-refractivity contribution in [3.8, 4) is 0 Å². The number of aryl methyl sites for hydroxylation is 1.